The molecule has 2 saturated carbocycles. The summed E-state index contributed by atoms with van der Waals surface area (Å²) in [6.07, 6.45) is 2.13. The van der Waals surface area contributed by atoms with Gasteiger partial charge in [-0.05, 0) is 18.3 Å². The van der Waals surface area contributed by atoms with E-state index in [0.29, 0.717) is 18.6 Å². The van der Waals surface area contributed by atoms with Crippen molar-refractivity contribution in [2.45, 2.75) is 46.1 Å². The Hall–Kier alpha value is -0.370. The second-order valence-corrected chi connectivity index (χ2v) is 5.79. The van der Waals surface area contributed by atoms with Gasteiger partial charge in [0.05, 0.1) is 6.10 Å². The second-order valence-electron chi connectivity index (χ2n) is 5.79. The molecule has 0 heterocycles. The number of ketones is 1. The van der Waals surface area contributed by atoms with Crippen molar-refractivity contribution < 1.29 is 9.90 Å². The molecule has 0 saturated heterocycles. The monoisotopic (exact) mass is 182 g/mol. The number of aliphatic hydroxyl groups excluding tert-OH is 1. The van der Waals surface area contributed by atoms with Gasteiger partial charge in [0, 0.05) is 17.8 Å². The first-order valence-corrected chi connectivity index (χ1v) is 5.06. The van der Waals surface area contributed by atoms with Crippen LogP contribution in [-0.2, 0) is 4.79 Å². The van der Waals surface area contributed by atoms with Crippen LogP contribution in [0.2, 0.25) is 0 Å². The van der Waals surface area contributed by atoms with Gasteiger partial charge in [0.25, 0.3) is 0 Å². The summed E-state index contributed by atoms with van der Waals surface area (Å²) >= 11 is 0. The fourth-order valence-electron chi connectivity index (χ4n) is 3.26. The molecule has 2 fully saturated rings. The lowest BCUT2D eigenvalue weighted by molar-refractivity contribution is -0.175. The first-order chi connectivity index (χ1) is 5.85. The molecule has 3 atom stereocenters. The van der Waals surface area contributed by atoms with E-state index in [1.807, 2.05) is 0 Å². The highest BCUT2D eigenvalue weighted by Crippen LogP contribution is 2.58. The average molecular weight is 182 g/mol. The Kier molecular flexibility index (Phi) is 1.66. The molecule has 0 radical (unpaired) electrons. The highest BCUT2D eigenvalue weighted by Gasteiger charge is 2.59. The molecule has 0 bridgehead atoms. The van der Waals surface area contributed by atoms with Crippen LogP contribution in [0.5, 0.6) is 0 Å². The van der Waals surface area contributed by atoms with Gasteiger partial charge in [-0.2, -0.15) is 0 Å². The molecule has 0 aromatic rings. The molecule has 0 aliphatic heterocycles. The fraction of sp³-hybridized carbons (Fsp3) is 0.909. The third kappa shape index (κ3) is 1.15. The Morgan fingerprint density at radius 2 is 2.00 bits per heavy atom. The maximum atomic E-state index is 11.7. The number of carbonyl (C=O) groups excluding carboxylic acids is 1. The number of aliphatic hydroxyl groups is 1. The van der Waals surface area contributed by atoms with Gasteiger partial charge in [-0.1, -0.05) is 20.8 Å². The van der Waals surface area contributed by atoms with E-state index in [1.54, 1.807) is 0 Å². The lowest BCUT2D eigenvalue weighted by Crippen LogP contribution is -2.59. The highest BCUT2D eigenvalue weighted by molar-refractivity contribution is 5.84. The molecule has 74 valence electrons. The first-order valence-electron chi connectivity index (χ1n) is 5.06. The quantitative estimate of drug-likeness (QED) is 0.620. The van der Waals surface area contributed by atoms with Gasteiger partial charge in [0.15, 0.2) is 0 Å². The van der Waals surface area contributed by atoms with Crippen molar-refractivity contribution in [3.63, 3.8) is 0 Å². The van der Waals surface area contributed by atoms with Gasteiger partial charge in [0.2, 0.25) is 0 Å². The van der Waals surface area contributed by atoms with Crippen molar-refractivity contribution in [3.05, 3.63) is 0 Å². The van der Waals surface area contributed by atoms with Crippen LogP contribution in [0.3, 0.4) is 0 Å². The predicted molar refractivity (Wildman–Crippen MR) is 50.2 cm³/mol. The van der Waals surface area contributed by atoms with E-state index in [9.17, 15) is 9.90 Å². The van der Waals surface area contributed by atoms with Crippen LogP contribution >= 0.6 is 0 Å². The number of carbonyl (C=O) groups is 1. The lowest BCUT2D eigenvalue weighted by atomic mass is 9.48. The van der Waals surface area contributed by atoms with Crippen LogP contribution in [0, 0.1) is 16.7 Å². The topological polar surface area (TPSA) is 37.3 Å². The SMILES string of the molecule is CC1(C)CC(=O)C2CC(O)C2(C)C1. The van der Waals surface area contributed by atoms with Crippen LogP contribution in [-0.4, -0.2) is 17.0 Å². The Labute approximate surface area is 79.3 Å². The minimum atomic E-state index is -0.249. The molecule has 2 aliphatic carbocycles. The molecule has 0 amide bonds. The van der Waals surface area contributed by atoms with E-state index in [2.05, 4.69) is 20.8 Å². The minimum Gasteiger partial charge on any atom is -0.393 e. The first kappa shape index (κ1) is 9.20. The Bertz CT molecular complexity index is 257. The maximum absolute atomic E-state index is 11.7. The number of hydrogen-bond donors (Lipinski definition) is 1. The van der Waals surface area contributed by atoms with Gasteiger partial charge in [-0.15, -0.1) is 0 Å². The van der Waals surface area contributed by atoms with Crippen LogP contribution < -0.4 is 0 Å². The summed E-state index contributed by atoms with van der Waals surface area (Å²) < 4.78 is 0. The van der Waals surface area contributed by atoms with E-state index in [0.717, 1.165) is 6.42 Å². The number of hydrogen-bond acceptors (Lipinski definition) is 2. The summed E-state index contributed by atoms with van der Waals surface area (Å²) in [5.41, 5.74) is -0.0252. The molecule has 2 rings (SSSR count). The van der Waals surface area contributed by atoms with Crippen LogP contribution in [0.15, 0.2) is 0 Å². The summed E-state index contributed by atoms with van der Waals surface area (Å²) in [6.45, 7) is 6.31. The Balaban J connectivity index is 2.26. The molecule has 2 heteroatoms. The summed E-state index contributed by atoms with van der Waals surface area (Å²) in [5.74, 6) is 0.513. The van der Waals surface area contributed by atoms with Gasteiger partial charge >= 0.3 is 0 Å². The molecule has 13 heavy (non-hydrogen) atoms. The zero-order valence-electron chi connectivity index (χ0n) is 8.63. The van der Waals surface area contributed by atoms with Crippen molar-refractivity contribution >= 4 is 5.78 Å². The zero-order valence-corrected chi connectivity index (χ0v) is 8.63. The molecule has 3 unspecified atom stereocenters. The minimum absolute atomic E-state index is 0.0870. The van der Waals surface area contributed by atoms with Gasteiger partial charge in [-0.3, -0.25) is 4.79 Å². The van der Waals surface area contributed by atoms with E-state index >= 15 is 0 Å². The Morgan fingerprint density at radius 3 is 2.54 bits per heavy atom. The number of fused-ring (bicyclic) bond motifs is 1. The molecular weight excluding hydrogens is 164 g/mol. The summed E-state index contributed by atoms with van der Waals surface area (Å²) in [6, 6.07) is 0. The standard InChI is InChI=1S/C11H18O2/c1-10(2)5-8(12)7-4-9(13)11(7,3)6-10/h7,9,13H,4-6H2,1-3H3. The molecule has 2 nitrogen and oxygen atoms in total. The van der Waals surface area contributed by atoms with Crippen molar-refractivity contribution in [2.24, 2.45) is 16.7 Å². The largest absolute Gasteiger partial charge is 0.393 e. The number of rotatable bonds is 0. The van der Waals surface area contributed by atoms with Crippen molar-refractivity contribution in [3.8, 4) is 0 Å². The van der Waals surface area contributed by atoms with Crippen molar-refractivity contribution in [1.29, 1.82) is 0 Å². The zero-order chi connectivity index (χ0) is 9.85. The van der Waals surface area contributed by atoms with Crippen molar-refractivity contribution in [2.75, 3.05) is 0 Å². The second kappa shape index (κ2) is 2.35. The van der Waals surface area contributed by atoms with Crippen LogP contribution in [0.4, 0.5) is 0 Å². The Morgan fingerprint density at radius 1 is 1.38 bits per heavy atom. The van der Waals surface area contributed by atoms with E-state index < -0.39 is 0 Å². The third-order valence-electron chi connectivity index (χ3n) is 3.92. The van der Waals surface area contributed by atoms with Crippen molar-refractivity contribution in [1.82, 2.24) is 0 Å². The fourth-order valence-corrected chi connectivity index (χ4v) is 3.26. The van der Waals surface area contributed by atoms with Gasteiger partial charge in [-0.25, -0.2) is 0 Å². The summed E-state index contributed by atoms with van der Waals surface area (Å²) in [4.78, 5) is 11.7. The lowest BCUT2D eigenvalue weighted by Gasteiger charge is -2.57. The smallest absolute Gasteiger partial charge is 0.137 e. The highest BCUT2D eigenvalue weighted by atomic mass is 16.3. The van der Waals surface area contributed by atoms with Gasteiger partial charge in [0.1, 0.15) is 5.78 Å². The average Bonchev–Trinajstić information content (AvgIpc) is 1.95. The molecular formula is C11H18O2. The predicted octanol–water partition coefficient (Wildman–Crippen LogP) is 1.76. The molecule has 0 aromatic carbocycles. The van der Waals surface area contributed by atoms with E-state index in [1.165, 1.54) is 0 Å². The normalized spacial score (nSPS) is 48.2. The molecule has 2 aliphatic rings. The molecule has 0 aromatic heterocycles. The summed E-state index contributed by atoms with van der Waals surface area (Å²) in [7, 11) is 0. The number of Topliss-reactive ketones (excluding diaryl/α,β-unsaturated/α-hetero) is 1. The third-order valence-corrected chi connectivity index (χ3v) is 3.92. The summed E-state index contributed by atoms with van der Waals surface area (Å²) in [5, 5.41) is 9.70. The van der Waals surface area contributed by atoms with E-state index in [-0.39, 0.29) is 22.9 Å². The molecule has 1 N–H and O–H groups in total. The molecule has 0 spiro atoms. The van der Waals surface area contributed by atoms with E-state index in [4.69, 9.17) is 0 Å². The van der Waals surface area contributed by atoms with Gasteiger partial charge < -0.3 is 5.11 Å². The van der Waals surface area contributed by atoms with Crippen LogP contribution in [0.1, 0.15) is 40.0 Å². The van der Waals surface area contributed by atoms with Crippen LogP contribution in [0.25, 0.3) is 0 Å². The maximum Gasteiger partial charge on any atom is 0.137 e.